The van der Waals surface area contributed by atoms with Gasteiger partial charge in [0.15, 0.2) is 0 Å². The Morgan fingerprint density at radius 3 is 2.25 bits per heavy atom. The molecule has 0 aliphatic heterocycles. The van der Waals surface area contributed by atoms with Crippen LogP contribution in [-0.2, 0) is 19.7 Å². The van der Waals surface area contributed by atoms with Crippen molar-refractivity contribution in [1.29, 1.82) is 0 Å². The van der Waals surface area contributed by atoms with E-state index < -0.39 is 17.4 Å². The van der Waals surface area contributed by atoms with Gasteiger partial charge in [-0.05, 0) is 24.3 Å². The molecule has 1 aromatic carbocycles. The van der Waals surface area contributed by atoms with Crippen LogP contribution in [0.25, 0.3) is 0 Å². The summed E-state index contributed by atoms with van der Waals surface area (Å²) in [5, 5.41) is 2.85. The Kier molecular flexibility index (Phi) is 4.12. The largest absolute Gasteiger partial charge is 0.467 e. The van der Waals surface area contributed by atoms with Gasteiger partial charge in [0.05, 0.1) is 12.5 Å². The van der Waals surface area contributed by atoms with Gasteiger partial charge in [0.25, 0.3) is 0 Å². The minimum Gasteiger partial charge on any atom is -0.467 e. The standard InChI is InChI=1S/C16H21NO3/c1-11(2)13(14(18)20-3)17-15(19)16(9-10-16)12-7-5-4-6-8-12/h4-8,11,13H,9-10H2,1-3H3,(H,17,19). The molecular weight excluding hydrogens is 254 g/mol. The van der Waals surface area contributed by atoms with Crippen LogP contribution in [0.3, 0.4) is 0 Å². The van der Waals surface area contributed by atoms with Crippen molar-refractivity contribution in [1.82, 2.24) is 5.32 Å². The smallest absolute Gasteiger partial charge is 0.328 e. The molecule has 0 spiro atoms. The summed E-state index contributed by atoms with van der Waals surface area (Å²) in [6.45, 7) is 3.79. The van der Waals surface area contributed by atoms with Crippen LogP contribution in [-0.4, -0.2) is 25.0 Å². The number of rotatable bonds is 5. The Balaban J connectivity index is 2.14. The SMILES string of the molecule is COC(=O)C(NC(=O)C1(c2ccccc2)CC1)C(C)C. The number of hydrogen-bond donors (Lipinski definition) is 1. The number of ether oxygens (including phenoxy) is 1. The second kappa shape index (κ2) is 5.65. The molecule has 2 rings (SSSR count). The van der Waals surface area contributed by atoms with Gasteiger partial charge in [-0.3, -0.25) is 4.79 Å². The molecule has 0 saturated heterocycles. The van der Waals surface area contributed by atoms with E-state index in [-0.39, 0.29) is 11.8 Å². The van der Waals surface area contributed by atoms with Gasteiger partial charge >= 0.3 is 5.97 Å². The summed E-state index contributed by atoms with van der Waals surface area (Å²) in [6.07, 6.45) is 1.66. The van der Waals surface area contributed by atoms with Crippen molar-refractivity contribution in [2.75, 3.05) is 7.11 Å². The highest BCUT2D eigenvalue weighted by Gasteiger charge is 2.52. The lowest BCUT2D eigenvalue weighted by atomic mass is 9.93. The first kappa shape index (κ1) is 14.6. The Morgan fingerprint density at radius 2 is 1.80 bits per heavy atom. The maximum atomic E-state index is 12.5. The highest BCUT2D eigenvalue weighted by Crippen LogP contribution is 2.48. The van der Waals surface area contributed by atoms with E-state index in [9.17, 15) is 9.59 Å². The average Bonchev–Trinajstić information content (AvgIpc) is 3.26. The molecular formula is C16H21NO3. The van der Waals surface area contributed by atoms with Gasteiger partial charge in [-0.2, -0.15) is 0 Å². The molecule has 1 amide bonds. The van der Waals surface area contributed by atoms with E-state index in [1.807, 2.05) is 44.2 Å². The average molecular weight is 275 g/mol. The highest BCUT2D eigenvalue weighted by atomic mass is 16.5. The fourth-order valence-electron chi connectivity index (χ4n) is 2.43. The molecule has 1 N–H and O–H groups in total. The number of carbonyl (C=O) groups is 2. The zero-order chi connectivity index (χ0) is 14.8. The number of nitrogens with one attached hydrogen (secondary N) is 1. The van der Waals surface area contributed by atoms with E-state index in [2.05, 4.69) is 5.32 Å². The van der Waals surface area contributed by atoms with E-state index in [0.717, 1.165) is 18.4 Å². The van der Waals surface area contributed by atoms with Crippen LogP contribution >= 0.6 is 0 Å². The molecule has 4 heteroatoms. The third-order valence-corrected chi connectivity index (χ3v) is 3.92. The molecule has 0 aromatic heterocycles. The normalized spacial score (nSPS) is 17.4. The predicted octanol–water partition coefficient (Wildman–Crippen LogP) is 2.03. The van der Waals surface area contributed by atoms with Gasteiger partial charge in [0, 0.05) is 0 Å². The monoisotopic (exact) mass is 275 g/mol. The molecule has 1 unspecified atom stereocenters. The Hall–Kier alpha value is -1.84. The zero-order valence-electron chi connectivity index (χ0n) is 12.2. The molecule has 0 heterocycles. The van der Waals surface area contributed by atoms with Crippen molar-refractivity contribution in [3.8, 4) is 0 Å². The molecule has 1 fully saturated rings. The van der Waals surface area contributed by atoms with E-state index in [0.29, 0.717) is 0 Å². The summed E-state index contributed by atoms with van der Waals surface area (Å²) < 4.78 is 4.76. The Bertz CT molecular complexity index is 492. The van der Waals surface area contributed by atoms with Gasteiger partial charge in [0.2, 0.25) is 5.91 Å². The minimum atomic E-state index is -0.589. The van der Waals surface area contributed by atoms with Crippen molar-refractivity contribution in [3.63, 3.8) is 0 Å². The lowest BCUT2D eigenvalue weighted by Crippen LogP contribution is -2.48. The Morgan fingerprint density at radius 1 is 1.20 bits per heavy atom. The number of benzene rings is 1. The molecule has 108 valence electrons. The number of esters is 1. The van der Waals surface area contributed by atoms with Crippen molar-refractivity contribution in [2.24, 2.45) is 5.92 Å². The topological polar surface area (TPSA) is 55.4 Å². The molecule has 1 aliphatic rings. The first-order valence-corrected chi connectivity index (χ1v) is 6.95. The summed E-state index contributed by atoms with van der Waals surface area (Å²) in [5.41, 5.74) is 0.562. The molecule has 1 atom stereocenters. The molecule has 20 heavy (non-hydrogen) atoms. The summed E-state index contributed by atoms with van der Waals surface area (Å²) in [6, 6.07) is 9.15. The van der Waals surface area contributed by atoms with E-state index >= 15 is 0 Å². The van der Waals surface area contributed by atoms with Gasteiger partial charge in [-0.1, -0.05) is 44.2 Å². The van der Waals surface area contributed by atoms with Crippen LogP contribution < -0.4 is 5.32 Å². The zero-order valence-corrected chi connectivity index (χ0v) is 12.2. The van der Waals surface area contributed by atoms with Crippen LogP contribution in [0.2, 0.25) is 0 Å². The van der Waals surface area contributed by atoms with E-state index in [1.165, 1.54) is 7.11 Å². The Labute approximate surface area is 119 Å². The maximum absolute atomic E-state index is 12.5. The van der Waals surface area contributed by atoms with Crippen molar-refractivity contribution in [3.05, 3.63) is 35.9 Å². The quantitative estimate of drug-likeness (QED) is 0.837. The highest BCUT2D eigenvalue weighted by molar-refractivity contribution is 5.94. The van der Waals surface area contributed by atoms with E-state index in [1.54, 1.807) is 0 Å². The molecule has 1 aliphatic carbocycles. The minimum absolute atomic E-state index is 0.00188. The summed E-state index contributed by atoms with van der Waals surface area (Å²) in [5.74, 6) is -0.469. The second-order valence-electron chi connectivity index (χ2n) is 5.67. The van der Waals surface area contributed by atoms with Gasteiger partial charge < -0.3 is 10.1 Å². The summed E-state index contributed by atoms with van der Waals surface area (Å²) in [7, 11) is 1.34. The second-order valence-corrected chi connectivity index (χ2v) is 5.67. The lowest BCUT2D eigenvalue weighted by molar-refractivity contribution is -0.146. The lowest BCUT2D eigenvalue weighted by Gasteiger charge is -2.23. The number of hydrogen-bond acceptors (Lipinski definition) is 3. The first-order chi connectivity index (χ1) is 9.51. The van der Waals surface area contributed by atoms with Crippen LogP contribution in [0.1, 0.15) is 32.3 Å². The molecule has 0 bridgehead atoms. The summed E-state index contributed by atoms with van der Waals surface area (Å²) in [4.78, 5) is 24.3. The number of methoxy groups -OCH3 is 1. The fourth-order valence-corrected chi connectivity index (χ4v) is 2.43. The number of carbonyl (C=O) groups excluding carboxylic acids is 2. The van der Waals surface area contributed by atoms with Crippen LogP contribution in [0, 0.1) is 5.92 Å². The van der Waals surface area contributed by atoms with Gasteiger partial charge in [-0.15, -0.1) is 0 Å². The van der Waals surface area contributed by atoms with Gasteiger partial charge in [0.1, 0.15) is 6.04 Å². The van der Waals surface area contributed by atoms with Crippen LogP contribution in [0.4, 0.5) is 0 Å². The third kappa shape index (κ3) is 2.69. The fraction of sp³-hybridized carbons (Fsp3) is 0.500. The molecule has 1 aromatic rings. The maximum Gasteiger partial charge on any atom is 0.328 e. The number of amides is 1. The molecule has 1 saturated carbocycles. The van der Waals surface area contributed by atoms with Crippen molar-refractivity contribution >= 4 is 11.9 Å². The van der Waals surface area contributed by atoms with E-state index in [4.69, 9.17) is 4.74 Å². The molecule has 4 nitrogen and oxygen atoms in total. The predicted molar refractivity (Wildman–Crippen MR) is 76.1 cm³/mol. The van der Waals surface area contributed by atoms with Crippen molar-refractivity contribution < 1.29 is 14.3 Å². The molecule has 0 radical (unpaired) electrons. The third-order valence-electron chi connectivity index (χ3n) is 3.92. The summed E-state index contributed by atoms with van der Waals surface area (Å²) >= 11 is 0. The van der Waals surface area contributed by atoms with Gasteiger partial charge in [-0.25, -0.2) is 4.79 Å². The first-order valence-electron chi connectivity index (χ1n) is 6.95. The van der Waals surface area contributed by atoms with Crippen molar-refractivity contribution in [2.45, 2.75) is 38.1 Å². The van der Waals surface area contributed by atoms with Crippen LogP contribution in [0.5, 0.6) is 0 Å². The van der Waals surface area contributed by atoms with Crippen LogP contribution in [0.15, 0.2) is 30.3 Å².